The molecule has 0 bridgehead atoms. The molecule has 1 N–H and O–H groups in total. The Labute approximate surface area is 103 Å². The largest absolute Gasteiger partial charge is 0.393 e. The molecule has 1 nitrogen and oxygen atoms in total. The molecule has 0 spiro atoms. The van der Waals surface area contributed by atoms with Gasteiger partial charge in [-0.2, -0.15) is 0 Å². The van der Waals surface area contributed by atoms with E-state index in [-0.39, 0.29) is 6.10 Å². The molecular formula is C15H32O. The van der Waals surface area contributed by atoms with Crippen molar-refractivity contribution in [2.75, 3.05) is 0 Å². The summed E-state index contributed by atoms with van der Waals surface area (Å²) in [6.07, 6.45) is 8.14. The minimum atomic E-state index is -0.0710. The smallest absolute Gasteiger partial charge is 0.0540 e. The van der Waals surface area contributed by atoms with E-state index in [9.17, 15) is 5.11 Å². The predicted molar refractivity (Wildman–Crippen MR) is 72.6 cm³/mol. The second-order valence-corrected chi connectivity index (χ2v) is 6.79. The van der Waals surface area contributed by atoms with Crippen molar-refractivity contribution in [2.24, 2.45) is 11.3 Å². The van der Waals surface area contributed by atoms with Crippen LogP contribution in [-0.4, -0.2) is 11.2 Å². The SMILES string of the molecule is CC(C)CCCCCC(O)CCC(C)(C)C. The molecule has 0 aromatic rings. The quantitative estimate of drug-likeness (QED) is 0.593. The van der Waals surface area contributed by atoms with Crippen LogP contribution in [0.1, 0.15) is 79.6 Å². The van der Waals surface area contributed by atoms with Crippen molar-refractivity contribution in [2.45, 2.75) is 85.7 Å². The first kappa shape index (κ1) is 16.0. The van der Waals surface area contributed by atoms with E-state index in [1.54, 1.807) is 0 Å². The van der Waals surface area contributed by atoms with E-state index in [2.05, 4.69) is 34.6 Å². The van der Waals surface area contributed by atoms with Crippen LogP contribution in [0.3, 0.4) is 0 Å². The lowest BCUT2D eigenvalue weighted by Gasteiger charge is -2.20. The molecule has 1 atom stereocenters. The maximum atomic E-state index is 9.82. The van der Waals surface area contributed by atoms with Gasteiger partial charge < -0.3 is 5.11 Å². The third-order valence-electron chi connectivity index (χ3n) is 3.05. The number of aliphatic hydroxyl groups excluding tert-OH is 1. The van der Waals surface area contributed by atoms with Gasteiger partial charge in [0, 0.05) is 0 Å². The number of rotatable bonds is 8. The molecule has 0 amide bonds. The zero-order chi connectivity index (χ0) is 12.6. The van der Waals surface area contributed by atoms with E-state index in [1.807, 2.05) is 0 Å². The summed E-state index contributed by atoms with van der Waals surface area (Å²) in [7, 11) is 0. The Morgan fingerprint density at radius 3 is 1.94 bits per heavy atom. The van der Waals surface area contributed by atoms with Gasteiger partial charge in [-0.25, -0.2) is 0 Å². The van der Waals surface area contributed by atoms with Crippen molar-refractivity contribution in [1.82, 2.24) is 0 Å². The second kappa shape index (κ2) is 8.11. The highest BCUT2D eigenvalue weighted by molar-refractivity contribution is 4.65. The molecule has 0 aliphatic rings. The highest BCUT2D eigenvalue weighted by atomic mass is 16.3. The molecule has 98 valence electrons. The number of hydrogen-bond acceptors (Lipinski definition) is 1. The summed E-state index contributed by atoms with van der Waals surface area (Å²) in [4.78, 5) is 0. The fourth-order valence-corrected chi connectivity index (χ4v) is 1.85. The average Bonchev–Trinajstić information content (AvgIpc) is 2.12. The highest BCUT2D eigenvalue weighted by Crippen LogP contribution is 2.23. The van der Waals surface area contributed by atoms with Gasteiger partial charge in [0.15, 0.2) is 0 Å². The lowest BCUT2D eigenvalue weighted by Crippen LogP contribution is -2.12. The molecule has 0 rings (SSSR count). The minimum absolute atomic E-state index is 0.0710. The molecule has 0 aromatic heterocycles. The van der Waals surface area contributed by atoms with Gasteiger partial charge in [0.2, 0.25) is 0 Å². The fourth-order valence-electron chi connectivity index (χ4n) is 1.85. The van der Waals surface area contributed by atoms with Crippen molar-refractivity contribution in [3.05, 3.63) is 0 Å². The van der Waals surface area contributed by atoms with E-state index < -0.39 is 0 Å². The maximum Gasteiger partial charge on any atom is 0.0540 e. The van der Waals surface area contributed by atoms with Crippen molar-refractivity contribution in [1.29, 1.82) is 0 Å². The molecule has 0 saturated carbocycles. The van der Waals surface area contributed by atoms with Gasteiger partial charge in [-0.1, -0.05) is 60.3 Å². The van der Waals surface area contributed by atoms with Crippen LogP contribution < -0.4 is 0 Å². The zero-order valence-electron chi connectivity index (χ0n) is 12.1. The zero-order valence-corrected chi connectivity index (χ0v) is 12.1. The van der Waals surface area contributed by atoms with E-state index in [0.717, 1.165) is 25.2 Å². The van der Waals surface area contributed by atoms with Crippen LogP contribution in [-0.2, 0) is 0 Å². The topological polar surface area (TPSA) is 20.2 Å². The van der Waals surface area contributed by atoms with Gasteiger partial charge in [-0.3, -0.25) is 0 Å². The average molecular weight is 228 g/mol. The molecule has 0 saturated heterocycles. The number of unbranched alkanes of at least 4 members (excludes halogenated alkanes) is 2. The Morgan fingerprint density at radius 2 is 1.44 bits per heavy atom. The third kappa shape index (κ3) is 12.0. The minimum Gasteiger partial charge on any atom is -0.393 e. The predicted octanol–water partition coefficient (Wildman–Crippen LogP) is 4.78. The van der Waals surface area contributed by atoms with E-state index >= 15 is 0 Å². The molecule has 0 aliphatic carbocycles. The van der Waals surface area contributed by atoms with Gasteiger partial charge in [-0.15, -0.1) is 0 Å². The Kier molecular flexibility index (Phi) is 8.09. The highest BCUT2D eigenvalue weighted by Gasteiger charge is 2.13. The molecule has 0 aliphatic heterocycles. The number of hydrogen-bond donors (Lipinski definition) is 1. The van der Waals surface area contributed by atoms with Crippen LogP contribution in [0.15, 0.2) is 0 Å². The lowest BCUT2D eigenvalue weighted by atomic mass is 9.88. The van der Waals surface area contributed by atoms with Gasteiger partial charge in [0.1, 0.15) is 0 Å². The summed E-state index contributed by atoms with van der Waals surface area (Å²) in [6.45, 7) is 11.3. The van der Waals surface area contributed by atoms with Crippen molar-refractivity contribution in [3.63, 3.8) is 0 Å². The summed E-state index contributed by atoms with van der Waals surface area (Å²) in [6, 6.07) is 0. The molecule has 0 heterocycles. The molecule has 16 heavy (non-hydrogen) atoms. The lowest BCUT2D eigenvalue weighted by molar-refractivity contribution is 0.133. The summed E-state index contributed by atoms with van der Waals surface area (Å²) < 4.78 is 0. The Bertz CT molecular complexity index is 155. The summed E-state index contributed by atoms with van der Waals surface area (Å²) in [5, 5.41) is 9.82. The standard InChI is InChI=1S/C15H32O/c1-13(2)9-7-6-8-10-14(16)11-12-15(3,4)5/h13-14,16H,6-12H2,1-5H3. The van der Waals surface area contributed by atoms with Gasteiger partial charge in [0.25, 0.3) is 0 Å². The maximum absolute atomic E-state index is 9.82. The van der Waals surface area contributed by atoms with E-state index in [1.165, 1.54) is 25.7 Å². The van der Waals surface area contributed by atoms with Crippen molar-refractivity contribution < 1.29 is 5.11 Å². The van der Waals surface area contributed by atoms with E-state index in [4.69, 9.17) is 0 Å². The van der Waals surface area contributed by atoms with Crippen LogP contribution >= 0.6 is 0 Å². The van der Waals surface area contributed by atoms with E-state index in [0.29, 0.717) is 5.41 Å². The molecular weight excluding hydrogens is 196 g/mol. The monoisotopic (exact) mass is 228 g/mol. The first-order chi connectivity index (χ1) is 7.31. The molecule has 1 heteroatoms. The van der Waals surface area contributed by atoms with Crippen LogP contribution in [0.25, 0.3) is 0 Å². The molecule has 0 fully saturated rings. The second-order valence-electron chi connectivity index (χ2n) is 6.79. The Hall–Kier alpha value is -0.0400. The van der Waals surface area contributed by atoms with Gasteiger partial charge >= 0.3 is 0 Å². The molecule has 0 aromatic carbocycles. The van der Waals surface area contributed by atoms with Crippen molar-refractivity contribution in [3.8, 4) is 0 Å². The van der Waals surface area contributed by atoms with Gasteiger partial charge in [-0.05, 0) is 30.6 Å². The Balaban J connectivity index is 3.34. The van der Waals surface area contributed by atoms with Crippen LogP contribution in [0, 0.1) is 11.3 Å². The first-order valence-electron chi connectivity index (χ1n) is 6.99. The van der Waals surface area contributed by atoms with Crippen LogP contribution in [0.2, 0.25) is 0 Å². The fraction of sp³-hybridized carbons (Fsp3) is 1.00. The summed E-state index contributed by atoms with van der Waals surface area (Å²) in [5.74, 6) is 0.825. The summed E-state index contributed by atoms with van der Waals surface area (Å²) >= 11 is 0. The molecule has 0 radical (unpaired) electrons. The van der Waals surface area contributed by atoms with Crippen molar-refractivity contribution >= 4 is 0 Å². The van der Waals surface area contributed by atoms with Gasteiger partial charge in [0.05, 0.1) is 6.10 Å². The number of aliphatic hydroxyl groups is 1. The summed E-state index contributed by atoms with van der Waals surface area (Å²) in [5.41, 5.74) is 0.360. The normalized spacial score (nSPS) is 14.4. The third-order valence-corrected chi connectivity index (χ3v) is 3.05. The first-order valence-corrected chi connectivity index (χ1v) is 6.99. The van der Waals surface area contributed by atoms with Crippen LogP contribution in [0.5, 0.6) is 0 Å². The Morgan fingerprint density at radius 1 is 0.875 bits per heavy atom. The van der Waals surface area contributed by atoms with Crippen LogP contribution in [0.4, 0.5) is 0 Å². The molecule has 1 unspecified atom stereocenters.